The molecule has 1 fully saturated rings. The lowest BCUT2D eigenvalue weighted by Gasteiger charge is -2.31. The van der Waals surface area contributed by atoms with Crippen LogP contribution >= 0.6 is 7.82 Å². The highest BCUT2D eigenvalue weighted by atomic mass is 31.2. The zero-order valence-corrected chi connectivity index (χ0v) is 27.9. The molecule has 1 aliphatic rings. The van der Waals surface area contributed by atoms with Crippen LogP contribution in [0.3, 0.4) is 0 Å². The minimum atomic E-state index is -4.85. The summed E-state index contributed by atoms with van der Waals surface area (Å²) in [7, 11) is -3.49. The van der Waals surface area contributed by atoms with Gasteiger partial charge in [0, 0.05) is 24.2 Å². The van der Waals surface area contributed by atoms with Crippen molar-refractivity contribution in [3.05, 3.63) is 53.0 Å². The van der Waals surface area contributed by atoms with Crippen LogP contribution in [0.15, 0.2) is 30.7 Å². The maximum atomic E-state index is 14.2. The average Bonchev–Trinajstić information content (AvgIpc) is 3.60. The molecule has 15 nitrogen and oxygen atoms in total. The van der Waals surface area contributed by atoms with Crippen LogP contribution in [0, 0.1) is 13.8 Å². The monoisotopic (exact) mass is 669 g/mol. The SMILES string of the molecule is Cc1c(-c2c(C(C)C)c3cc(C4CCN(CC(N)=O)CC4)ccc3n2C(=O)CN(C)C(=O)OCOP(=O)(O)O)cn2ncnc2c1C. The first-order chi connectivity index (χ1) is 22.2. The number of phosphoric ester groups is 1. The van der Waals surface area contributed by atoms with Crippen LogP contribution in [0.5, 0.6) is 0 Å². The number of likely N-dealkylation sites (tertiary alicyclic amines) is 1. The number of aromatic nitrogens is 4. The molecular formula is C31H40N7O8P. The van der Waals surface area contributed by atoms with Gasteiger partial charge in [0.15, 0.2) is 5.65 Å². The van der Waals surface area contributed by atoms with E-state index in [1.807, 2.05) is 32.2 Å². The van der Waals surface area contributed by atoms with Crippen molar-refractivity contribution in [2.24, 2.45) is 5.73 Å². The number of rotatable bonds is 10. The van der Waals surface area contributed by atoms with Crippen LogP contribution in [0.4, 0.5) is 4.79 Å². The average molecular weight is 670 g/mol. The number of likely N-dealkylation sites (N-methyl/N-ethyl adjacent to an activating group) is 1. The summed E-state index contributed by atoms with van der Waals surface area (Å²) in [6, 6.07) is 6.13. The van der Waals surface area contributed by atoms with E-state index in [9.17, 15) is 18.9 Å². The van der Waals surface area contributed by atoms with Crippen LogP contribution in [0.2, 0.25) is 0 Å². The van der Waals surface area contributed by atoms with Crippen LogP contribution < -0.4 is 5.73 Å². The van der Waals surface area contributed by atoms with Crippen LogP contribution in [0.25, 0.3) is 27.8 Å². The fourth-order valence-electron chi connectivity index (χ4n) is 6.38. The molecule has 47 heavy (non-hydrogen) atoms. The summed E-state index contributed by atoms with van der Waals surface area (Å²) in [5.74, 6) is -0.505. The molecule has 0 unspecified atom stereocenters. The second-order valence-corrected chi connectivity index (χ2v) is 13.5. The van der Waals surface area contributed by atoms with Gasteiger partial charge in [-0.2, -0.15) is 5.10 Å². The molecule has 0 aliphatic carbocycles. The maximum absolute atomic E-state index is 14.2. The Morgan fingerprint density at radius 1 is 1.15 bits per heavy atom. The van der Waals surface area contributed by atoms with Gasteiger partial charge in [0.2, 0.25) is 12.7 Å². The number of nitrogens with zero attached hydrogens (tertiary/aromatic N) is 6. The summed E-state index contributed by atoms with van der Waals surface area (Å²) in [4.78, 5) is 63.5. The Labute approximate surface area is 271 Å². The molecule has 5 rings (SSSR count). The number of primary amides is 1. The van der Waals surface area contributed by atoms with E-state index in [0.29, 0.717) is 16.9 Å². The van der Waals surface area contributed by atoms with Crippen molar-refractivity contribution in [3.63, 3.8) is 0 Å². The van der Waals surface area contributed by atoms with Crippen molar-refractivity contribution in [2.45, 2.75) is 52.4 Å². The first-order valence-corrected chi connectivity index (χ1v) is 16.8. The first-order valence-electron chi connectivity index (χ1n) is 15.3. The highest BCUT2D eigenvalue weighted by molar-refractivity contribution is 7.46. The van der Waals surface area contributed by atoms with Gasteiger partial charge in [0.25, 0.3) is 5.91 Å². The topological polar surface area (TPSA) is 195 Å². The molecule has 2 amide bonds. The van der Waals surface area contributed by atoms with Crippen molar-refractivity contribution in [1.82, 2.24) is 29.0 Å². The van der Waals surface area contributed by atoms with Gasteiger partial charge >= 0.3 is 13.9 Å². The summed E-state index contributed by atoms with van der Waals surface area (Å²) < 4.78 is 23.3. The first kappa shape index (κ1) is 34.2. The molecule has 252 valence electrons. The number of pyridine rings is 1. The standard InChI is InChI=1S/C31H40N7O8P/c1-18(2)28-23-12-22(21-8-10-36(11-9-21)14-26(32)39)6-7-25(23)38(27(40)15-35(5)31(41)45-17-46-47(42,43)44)29(28)24-13-37-30(33-16-34-37)20(4)19(24)3/h6-7,12-13,16,18,21H,8-11,14-15,17H2,1-5H3,(H2,32,39)(H2,42,43,44). The Kier molecular flexibility index (Phi) is 9.85. The number of amides is 2. The maximum Gasteiger partial charge on any atom is 0.472 e. The largest absolute Gasteiger partial charge is 0.472 e. The molecule has 4 N–H and O–H groups in total. The van der Waals surface area contributed by atoms with Crippen molar-refractivity contribution < 1.29 is 38.0 Å². The number of fused-ring (bicyclic) bond motifs is 2. The predicted molar refractivity (Wildman–Crippen MR) is 173 cm³/mol. The number of carbonyl (C=O) groups is 3. The van der Waals surface area contributed by atoms with Gasteiger partial charge in [-0.15, -0.1) is 0 Å². The molecule has 0 radical (unpaired) electrons. The number of hydrogen-bond acceptors (Lipinski definition) is 9. The molecule has 4 heterocycles. The summed E-state index contributed by atoms with van der Waals surface area (Å²) >= 11 is 0. The van der Waals surface area contributed by atoms with E-state index in [-0.39, 0.29) is 24.3 Å². The van der Waals surface area contributed by atoms with E-state index in [0.717, 1.165) is 64.0 Å². The molecule has 0 spiro atoms. The minimum Gasteiger partial charge on any atom is -0.422 e. The van der Waals surface area contributed by atoms with Crippen LogP contribution in [0.1, 0.15) is 65.6 Å². The third-order valence-corrected chi connectivity index (χ3v) is 9.21. The van der Waals surface area contributed by atoms with Gasteiger partial charge in [-0.3, -0.25) is 19.1 Å². The second kappa shape index (κ2) is 13.5. The number of nitrogens with two attached hydrogens (primary N) is 1. The van der Waals surface area contributed by atoms with Gasteiger partial charge in [-0.25, -0.2) is 23.4 Å². The number of carbonyl (C=O) groups excluding carboxylic acids is 3. The van der Waals surface area contributed by atoms with Crippen LogP contribution in [-0.2, 0) is 18.6 Å². The van der Waals surface area contributed by atoms with E-state index in [1.165, 1.54) is 13.4 Å². The highest BCUT2D eigenvalue weighted by Gasteiger charge is 2.30. The molecule has 1 aromatic carbocycles. The Balaban J connectivity index is 1.60. The molecule has 0 saturated carbocycles. The Morgan fingerprint density at radius 2 is 1.85 bits per heavy atom. The van der Waals surface area contributed by atoms with E-state index >= 15 is 0 Å². The minimum absolute atomic E-state index is 0.00661. The summed E-state index contributed by atoms with van der Waals surface area (Å²) in [5, 5.41) is 5.28. The summed E-state index contributed by atoms with van der Waals surface area (Å²) in [6.07, 6.45) is 4.08. The molecule has 16 heteroatoms. The molecule has 4 aromatic rings. The zero-order chi connectivity index (χ0) is 34.2. The van der Waals surface area contributed by atoms with Gasteiger partial charge in [0.1, 0.15) is 12.9 Å². The fourth-order valence-corrected chi connectivity index (χ4v) is 6.57. The van der Waals surface area contributed by atoms with Crippen molar-refractivity contribution >= 4 is 42.3 Å². The number of benzene rings is 1. The zero-order valence-electron chi connectivity index (χ0n) is 27.0. The second-order valence-electron chi connectivity index (χ2n) is 12.3. The quantitative estimate of drug-likeness (QED) is 0.165. The van der Waals surface area contributed by atoms with Gasteiger partial charge in [0.05, 0.1) is 17.8 Å². The van der Waals surface area contributed by atoms with E-state index in [4.69, 9.17) is 20.3 Å². The molecule has 0 bridgehead atoms. The Morgan fingerprint density at radius 3 is 2.49 bits per heavy atom. The highest BCUT2D eigenvalue weighted by Crippen LogP contribution is 2.42. The molecule has 1 saturated heterocycles. The molecule has 3 aromatic heterocycles. The molecule has 1 aliphatic heterocycles. The summed E-state index contributed by atoms with van der Waals surface area (Å²) in [6.45, 7) is 8.46. The Bertz CT molecular complexity index is 1890. The predicted octanol–water partition coefficient (Wildman–Crippen LogP) is 3.53. The lowest BCUT2D eigenvalue weighted by atomic mass is 9.87. The molecule has 0 atom stereocenters. The number of phosphoric acid groups is 1. The number of aryl methyl sites for hydroxylation is 1. The van der Waals surface area contributed by atoms with Gasteiger partial charge < -0.3 is 25.2 Å². The fraction of sp³-hybridized carbons (Fsp3) is 0.452. The van der Waals surface area contributed by atoms with E-state index in [1.54, 1.807) is 9.08 Å². The lowest BCUT2D eigenvalue weighted by Crippen LogP contribution is -2.39. The van der Waals surface area contributed by atoms with E-state index in [2.05, 4.69) is 39.4 Å². The normalized spacial score (nSPS) is 14.7. The molecular weight excluding hydrogens is 629 g/mol. The summed E-state index contributed by atoms with van der Waals surface area (Å²) in [5.41, 5.74) is 12.2. The smallest absolute Gasteiger partial charge is 0.422 e. The van der Waals surface area contributed by atoms with Crippen molar-refractivity contribution in [2.75, 3.05) is 40.0 Å². The van der Waals surface area contributed by atoms with Gasteiger partial charge in [-0.1, -0.05) is 19.9 Å². The van der Waals surface area contributed by atoms with E-state index < -0.39 is 33.2 Å². The van der Waals surface area contributed by atoms with Crippen molar-refractivity contribution in [3.8, 4) is 11.3 Å². The van der Waals surface area contributed by atoms with Gasteiger partial charge in [-0.05, 0) is 86.0 Å². The van der Waals surface area contributed by atoms with Crippen LogP contribution in [-0.4, -0.2) is 96.7 Å². The third-order valence-electron chi connectivity index (χ3n) is 8.76. The number of ether oxygens (including phenoxy) is 1. The number of hydrogen-bond donors (Lipinski definition) is 3. The Hall–Kier alpha value is -4.14. The number of piperidine rings is 1. The van der Waals surface area contributed by atoms with Crippen molar-refractivity contribution in [1.29, 1.82) is 0 Å². The lowest BCUT2D eigenvalue weighted by molar-refractivity contribution is -0.119. The third kappa shape index (κ3) is 7.24.